The first-order chi connectivity index (χ1) is 9.95. The van der Waals surface area contributed by atoms with E-state index in [1.54, 1.807) is 6.20 Å². The average molecular weight is 286 g/mol. The number of rotatable bonds is 5. The summed E-state index contributed by atoms with van der Waals surface area (Å²) >= 11 is 0. The van der Waals surface area contributed by atoms with E-state index in [9.17, 15) is 4.79 Å². The van der Waals surface area contributed by atoms with Crippen molar-refractivity contribution >= 4 is 6.29 Å². The first-order valence-electron chi connectivity index (χ1n) is 7.24. The zero-order chi connectivity index (χ0) is 15.5. The molecule has 1 heterocycles. The number of aldehydes is 1. The van der Waals surface area contributed by atoms with E-state index in [1.807, 2.05) is 28.9 Å². The highest BCUT2D eigenvalue weighted by atomic mass is 16.5. The van der Waals surface area contributed by atoms with Crippen molar-refractivity contribution < 1.29 is 9.53 Å². The van der Waals surface area contributed by atoms with Gasteiger partial charge in [-0.2, -0.15) is 5.10 Å². The normalized spacial score (nSPS) is 11.4. The molecule has 2 aromatic rings. The van der Waals surface area contributed by atoms with Gasteiger partial charge in [-0.25, -0.2) is 0 Å². The Balaban J connectivity index is 2.33. The van der Waals surface area contributed by atoms with E-state index in [4.69, 9.17) is 4.74 Å². The van der Waals surface area contributed by atoms with E-state index in [1.165, 1.54) is 0 Å². The third-order valence-electron chi connectivity index (χ3n) is 3.16. The lowest BCUT2D eigenvalue weighted by molar-refractivity contribution is 0.112. The van der Waals surface area contributed by atoms with Crippen molar-refractivity contribution in [1.82, 2.24) is 9.78 Å². The molecule has 0 aliphatic carbocycles. The van der Waals surface area contributed by atoms with Crippen molar-refractivity contribution in [3.05, 3.63) is 36.0 Å². The molecule has 1 aromatic heterocycles. The van der Waals surface area contributed by atoms with Crippen LogP contribution in [0, 0.1) is 0 Å². The Morgan fingerprint density at radius 1 is 1.24 bits per heavy atom. The van der Waals surface area contributed by atoms with Crippen LogP contribution in [0.3, 0.4) is 0 Å². The van der Waals surface area contributed by atoms with Crippen LogP contribution in [0.2, 0.25) is 0 Å². The third kappa shape index (κ3) is 3.51. The Hall–Kier alpha value is -2.10. The van der Waals surface area contributed by atoms with Crippen LogP contribution in [0.4, 0.5) is 0 Å². The number of aromatic nitrogens is 2. The van der Waals surface area contributed by atoms with Crippen LogP contribution in [0.1, 0.15) is 44.5 Å². The molecule has 0 saturated heterocycles. The van der Waals surface area contributed by atoms with Crippen molar-refractivity contribution in [1.29, 1.82) is 0 Å². The zero-order valence-corrected chi connectivity index (χ0v) is 13.1. The summed E-state index contributed by atoms with van der Waals surface area (Å²) in [4.78, 5) is 11.3. The first kappa shape index (κ1) is 15.3. The molecule has 0 bridgehead atoms. The Kier molecular flexibility index (Phi) is 4.46. The fourth-order valence-corrected chi connectivity index (χ4v) is 1.97. The summed E-state index contributed by atoms with van der Waals surface area (Å²) in [6.07, 6.45) is 3.63. The third-order valence-corrected chi connectivity index (χ3v) is 3.16. The van der Waals surface area contributed by atoms with Gasteiger partial charge in [0.15, 0.2) is 6.29 Å². The van der Waals surface area contributed by atoms with Gasteiger partial charge in [-0.1, -0.05) is 6.92 Å². The summed E-state index contributed by atoms with van der Waals surface area (Å²) in [7, 11) is 0. The minimum absolute atomic E-state index is 0.153. The van der Waals surface area contributed by atoms with Gasteiger partial charge in [0, 0.05) is 11.8 Å². The minimum atomic E-state index is -0.153. The predicted molar refractivity (Wildman–Crippen MR) is 83.8 cm³/mol. The Morgan fingerprint density at radius 2 is 1.90 bits per heavy atom. The molecule has 0 atom stereocenters. The van der Waals surface area contributed by atoms with Gasteiger partial charge in [0.2, 0.25) is 0 Å². The topological polar surface area (TPSA) is 44.1 Å². The maximum Gasteiger partial charge on any atom is 0.153 e. The number of hydrogen-bond donors (Lipinski definition) is 0. The second kappa shape index (κ2) is 6.12. The first-order valence-corrected chi connectivity index (χ1v) is 7.24. The fourth-order valence-electron chi connectivity index (χ4n) is 1.97. The van der Waals surface area contributed by atoms with Crippen LogP contribution in [-0.2, 0) is 5.54 Å². The Morgan fingerprint density at radius 3 is 2.43 bits per heavy atom. The quantitative estimate of drug-likeness (QED) is 0.783. The summed E-state index contributed by atoms with van der Waals surface area (Å²) < 4.78 is 7.39. The highest BCUT2D eigenvalue weighted by Crippen LogP contribution is 2.26. The summed E-state index contributed by atoms with van der Waals surface area (Å²) in [6, 6.07) is 7.70. The minimum Gasteiger partial charge on any atom is -0.494 e. The van der Waals surface area contributed by atoms with Crippen LogP contribution in [0.25, 0.3) is 11.3 Å². The molecule has 0 amide bonds. The lowest BCUT2D eigenvalue weighted by Crippen LogP contribution is -2.22. The van der Waals surface area contributed by atoms with Crippen LogP contribution in [-0.4, -0.2) is 22.7 Å². The molecule has 0 unspecified atom stereocenters. The molecular weight excluding hydrogens is 264 g/mol. The zero-order valence-electron chi connectivity index (χ0n) is 13.1. The Labute approximate surface area is 125 Å². The van der Waals surface area contributed by atoms with E-state index in [0.717, 1.165) is 24.0 Å². The highest BCUT2D eigenvalue weighted by molar-refractivity contribution is 5.85. The molecule has 112 valence electrons. The molecule has 0 radical (unpaired) electrons. The molecule has 2 rings (SSSR count). The lowest BCUT2D eigenvalue weighted by Gasteiger charge is -2.18. The highest BCUT2D eigenvalue weighted by Gasteiger charge is 2.18. The van der Waals surface area contributed by atoms with Crippen LogP contribution < -0.4 is 4.74 Å². The average Bonchev–Trinajstić information content (AvgIpc) is 2.90. The monoisotopic (exact) mass is 286 g/mol. The summed E-state index contributed by atoms with van der Waals surface area (Å²) in [5.41, 5.74) is 2.08. The fraction of sp³-hybridized carbons (Fsp3) is 0.412. The van der Waals surface area contributed by atoms with Gasteiger partial charge in [-0.05, 0) is 51.5 Å². The number of ether oxygens (including phenoxy) is 1. The molecule has 0 aliphatic rings. The van der Waals surface area contributed by atoms with Crippen molar-refractivity contribution in [2.75, 3.05) is 6.61 Å². The second-order valence-electron chi connectivity index (χ2n) is 6.04. The van der Waals surface area contributed by atoms with E-state index in [2.05, 4.69) is 32.8 Å². The van der Waals surface area contributed by atoms with Crippen molar-refractivity contribution in [2.45, 2.75) is 39.7 Å². The van der Waals surface area contributed by atoms with Crippen LogP contribution in [0.15, 0.2) is 30.5 Å². The van der Waals surface area contributed by atoms with Gasteiger partial charge in [0.25, 0.3) is 0 Å². The molecule has 4 heteroatoms. The lowest BCUT2D eigenvalue weighted by atomic mass is 10.1. The van der Waals surface area contributed by atoms with E-state index >= 15 is 0 Å². The van der Waals surface area contributed by atoms with Crippen LogP contribution in [0.5, 0.6) is 5.75 Å². The van der Waals surface area contributed by atoms with Gasteiger partial charge in [-0.15, -0.1) is 0 Å². The standard InChI is InChI=1S/C17H22N2O2/c1-5-10-21-15-8-6-13(7-9-15)16-14(12-20)11-19(18-16)17(2,3)4/h6-9,11-12H,5,10H2,1-4H3. The second-order valence-corrected chi connectivity index (χ2v) is 6.04. The van der Waals surface area contributed by atoms with Gasteiger partial charge >= 0.3 is 0 Å². The van der Waals surface area contributed by atoms with E-state index in [0.29, 0.717) is 17.9 Å². The largest absolute Gasteiger partial charge is 0.494 e. The number of hydrogen-bond acceptors (Lipinski definition) is 3. The predicted octanol–water partition coefficient (Wildman–Crippen LogP) is 3.91. The molecule has 1 aromatic carbocycles. The molecule has 0 fully saturated rings. The maximum atomic E-state index is 11.3. The molecule has 0 spiro atoms. The van der Waals surface area contributed by atoms with Crippen molar-refractivity contribution in [3.8, 4) is 17.0 Å². The van der Waals surface area contributed by atoms with Gasteiger partial charge < -0.3 is 4.74 Å². The van der Waals surface area contributed by atoms with Gasteiger partial charge in [-0.3, -0.25) is 9.48 Å². The molecular formula is C17H22N2O2. The smallest absolute Gasteiger partial charge is 0.153 e. The molecule has 21 heavy (non-hydrogen) atoms. The Bertz CT molecular complexity index is 607. The molecule has 4 nitrogen and oxygen atoms in total. The van der Waals surface area contributed by atoms with Crippen molar-refractivity contribution in [2.24, 2.45) is 0 Å². The van der Waals surface area contributed by atoms with Gasteiger partial charge in [0.1, 0.15) is 11.4 Å². The number of carbonyl (C=O) groups excluding carboxylic acids is 1. The SMILES string of the molecule is CCCOc1ccc(-c2nn(C(C)(C)C)cc2C=O)cc1. The number of benzene rings is 1. The van der Waals surface area contributed by atoms with Crippen LogP contribution >= 0.6 is 0 Å². The van der Waals surface area contributed by atoms with E-state index < -0.39 is 0 Å². The maximum absolute atomic E-state index is 11.3. The van der Waals surface area contributed by atoms with E-state index in [-0.39, 0.29) is 5.54 Å². The molecule has 0 N–H and O–H groups in total. The van der Waals surface area contributed by atoms with Crippen molar-refractivity contribution in [3.63, 3.8) is 0 Å². The van der Waals surface area contributed by atoms with Gasteiger partial charge in [0.05, 0.1) is 17.7 Å². The number of carbonyl (C=O) groups is 1. The summed E-state index contributed by atoms with van der Waals surface area (Å²) in [5.74, 6) is 0.837. The molecule has 0 saturated carbocycles. The number of nitrogens with zero attached hydrogens (tertiary/aromatic N) is 2. The summed E-state index contributed by atoms with van der Waals surface area (Å²) in [6.45, 7) is 8.95. The molecule has 0 aliphatic heterocycles. The summed E-state index contributed by atoms with van der Waals surface area (Å²) in [5, 5.41) is 4.56.